The Kier molecular flexibility index (Phi) is 5.82. The first kappa shape index (κ1) is 20.0. The van der Waals surface area contributed by atoms with E-state index in [1.807, 2.05) is 0 Å². The number of esters is 1. The number of nitrogens with zero attached hydrogens (tertiary/aromatic N) is 1. The fourth-order valence-corrected chi connectivity index (χ4v) is 3.96. The Balaban J connectivity index is 1.54. The van der Waals surface area contributed by atoms with Crippen molar-refractivity contribution in [2.45, 2.75) is 52.1 Å². The summed E-state index contributed by atoms with van der Waals surface area (Å²) in [4.78, 5) is 50.3. The molecule has 3 amide bonds. The zero-order chi connectivity index (χ0) is 20.4. The second kappa shape index (κ2) is 8.12. The highest BCUT2D eigenvalue weighted by Crippen LogP contribution is 2.29. The standard InChI is InChI=1S/C21H26N2O5/c1-12-7-6-10-17(13(12)2)22-18(24)11-28-21(27)14(3)23-19(25)15-8-4-5-9-16(15)20(23)26/h4-5,8-9,12-14,17H,6-7,10-11H2,1-3H3,(H,22,24)/t12-,13+,14+,17-/m0/s1. The van der Waals surface area contributed by atoms with Gasteiger partial charge < -0.3 is 10.1 Å². The SMILES string of the molecule is C[C@H]1[C@@H](NC(=O)COC(=O)[C@@H](C)N2C(=O)c3ccccc3C2=O)CCC[C@@H]1C. The third kappa shape index (κ3) is 3.79. The lowest BCUT2D eigenvalue weighted by molar-refractivity contribution is -0.152. The summed E-state index contributed by atoms with van der Waals surface area (Å²) in [7, 11) is 0. The molecule has 1 aliphatic heterocycles. The summed E-state index contributed by atoms with van der Waals surface area (Å²) < 4.78 is 5.08. The summed E-state index contributed by atoms with van der Waals surface area (Å²) in [6.45, 7) is 5.29. The van der Waals surface area contributed by atoms with E-state index in [-0.39, 0.29) is 23.1 Å². The highest BCUT2D eigenvalue weighted by Gasteiger charge is 2.41. The van der Waals surface area contributed by atoms with Crippen LogP contribution in [-0.4, -0.2) is 47.3 Å². The summed E-state index contributed by atoms with van der Waals surface area (Å²) in [6.07, 6.45) is 3.13. The summed E-state index contributed by atoms with van der Waals surface area (Å²) in [5.41, 5.74) is 0.538. The van der Waals surface area contributed by atoms with Gasteiger partial charge >= 0.3 is 5.97 Å². The van der Waals surface area contributed by atoms with E-state index >= 15 is 0 Å². The lowest BCUT2D eigenvalue weighted by Crippen LogP contribution is -2.47. The molecule has 1 aromatic carbocycles. The largest absolute Gasteiger partial charge is 0.454 e. The number of ether oxygens (including phenoxy) is 1. The first-order chi connectivity index (χ1) is 13.3. The fraction of sp³-hybridized carbons (Fsp3) is 0.524. The van der Waals surface area contributed by atoms with Crippen LogP contribution in [0.3, 0.4) is 0 Å². The zero-order valence-electron chi connectivity index (χ0n) is 16.4. The Morgan fingerprint density at radius 3 is 2.36 bits per heavy atom. The van der Waals surface area contributed by atoms with Gasteiger partial charge in [0.25, 0.3) is 17.7 Å². The maximum absolute atomic E-state index is 12.4. The molecule has 0 aromatic heterocycles. The molecule has 7 heteroatoms. The van der Waals surface area contributed by atoms with Crippen LogP contribution in [0.1, 0.15) is 60.7 Å². The van der Waals surface area contributed by atoms with Crippen LogP contribution in [0.5, 0.6) is 0 Å². The lowest BCUT2D eigenvalue weighted by atomic mass is 9.78. The maximum atomic E-state index is 12.4. The monoisotopic (exact) mass is 386 g/mol. The Morgan fingerprint density at radius 1 is 1.14 bits per heavy atom. The predicted octanol–water partition coefficient (Wildman–Crippen LogP) is 2.16. The molecule has 7 nitrogen and oxygen atoms in total. The van der Waals surface area contributed by atoms with E-state index in [1.54, 1.807) is 24.3 Å². The number of amides is 3. The summed E-state index contributed by atoms with van der Waals surface area (Å²) >= 11 is 0. The molecule has 1 N–H and O–H groups in total. The molecule has 2 aliphatic rings. The summed E-state index contributed by atoms with van der Waals surface area (Å²) in [5, 5.41) is 2.93. The van der Waals surface area contributed by atoms with Gasteiger partial charge in [-0.3, -0.25) is 19.3 Å². The highest BCUT2D eigenvalue weighted by atomic mass is 16.5. The number of hydrogen-bond acceptors (Lipinski definition) is 5. The molecule has 0 spiro atoms. The molecule has 1 heterocycles. The van der Waals surface area contributed by atoms with Crippen molar-refractivity contribution in [2.75, 3.05) is 6.61 Å². The molecular weight excluding hydrogens is 360 g/mol. The maximum Gasteiger partial charge on any atom is 0.329 e. The molecule has 0 unspecified atom stereocenters. The van der Waals surface area contributed by atoms with Crippen LogP contribution in [0.25, 0.3) is 0 Å². The number of imide groups is 1. The predicted molar refractivity (Wildman–Crippen MR) is 101 cm³/mol. The summed E-state index contributed by atoms with van der Waals surface area (Å²) in [5.74, 6) is -1.30. The van der Waals surface area contributed by atoms with E-state index in [9.17, 15) is 19.2 Å². The van der Waals surface area contributed by atoms with Crippen LogP contribution in [0.4, 0.5) is 0 Å². The molecule has 0 bridgehead atoms. The molecule has 0 radical (unpaired) electrons. The minimum Gasteiger partial charge on any atom is -0.454 e. The quantitative estimate of drug-likeness (QED) is 0.618. The van der Waals surface area contributed by atoms with Crippen LogP contribution in [0.15, 0.2) is 24.3 Å². The molecule has 0 saturated heterocycles. The third-order valence-electron chi connectivity index (χ3n) is 5.95. The van der Waals surface area contributed by atoms with Crippen molar-refractivity contribution in [3.8, 4) is 0 Å². The number of carbonyl (C=O) groups excluding carboxylic acids is 4. The topological polar surface area (TPSA) is 92.8 Å². The summed E-state index contributed by atoms with van der Waals surface area (Å²) in [6, 6.07) is 5.39. The minimum absolute atomic E-state index is 0.0728. The van der Waals surface area contributed by atoms with Crippen molar-refractivity contribution in [2.24, 2.45) is 11.8 Å². The number of fused-ring (bicyclic) bond motifs is 1. The van der Waals surface area contributed by atoms with Gasteiger partial charge in [-0.05, 0) is 37.3 Å². The van der Waals surface area contributed by atoms with Crippen LogP contribution < -0.4 is 5.32 Å². The molecule has 1 saturated carbocycles. The Hall–Kier alpha value is -2.70. The van der Waals surface area contributed by atoms with Gasteiger partial charge in [0.05, 0.1) is 11.1 Å². The third-order valence-corrected chi connectivity index (χ3v) is 5.95. The number of nitrogens with one attached hydrogen (secondary N) is 1. The van der Waals surface area contributed by atoms with Crippen molar-refractivity contribution in [3.63, 3.8) is 0 Å². The minimum atomic E-state index is -1.10. The number of benzene rings is 1. The van der Waals surface area contributed by atoms with Crippen molar-refractivity contribution in [1.29, 1.82) is 0 Å². The Labute approximate surface area is 164 Å². The van der Waals surface area contributed by atoms with Gasteiger partial charge in [-0.25, -0.2) is 4.79 Å². The number of carbonyl (C=O) groups is 4. The van der Waals surface area contributed by atoms with E-state index < -0.39 is 30.4 Å². The van der Waals surface area contributed by atoms with Gasteiger partial charge in [-0.1, -0.05) is 38.8 Å². The van der Waals surface area contributed by atoms with Crippen molar-refractivity contribution >= 4 is 23.7 Å². The normalized spacial score (nSPS) is 25.2. The van der Waals surface area contributed by atoms with Crippen LogP contribution >= 0.6 is 0 Å². The van der Waals surface area contributed by atoms with E-state index in [1.165, 1.54) is 6.92 Å². The van der Waals surface area contributed by atoms with Gasteiger partial charge in [0.15, 0.2) is 6.61 Å². The first-order valence-electron chi connectivity index (χ1n) is 9.74. The van der Waals surface area contributed by atoms with Crippen molar-refractivity contribution < 1.29 is 23.9 Å². The average Bonchev–Trinajstić information content (AvgIpc) is 2.94. The second-order valence-corrected chi connectivity index (χ2v) is 7.75. The number of hydrogen-bond donors (Lipinski definition) is 1. The van der Waals surface area contributed by atoms with Gasteiger partial charge in [0.1, 0.15) is 6.04 Å². The van der Waals surface area contributed by atoms with Gasteiger partial charge in [0.2, 0.25) is 0 Å². The highest BCUT2D eigenvalue weighted by molar-refractivity contribution is 6.22. The van der Waals surface area contributed by atoms with Crippen LogP contribution in [-0.2, 0) is 14.3 Å². The van der Waals surface area contributed by atoms with E-state index in [0.717, 1.165) is 24.2 Å². The second-order valence-electron chi connectivity index (χ2n) is 7.75. The Morgan fingerprint density at radius 2 is 1.75 bits per heavy atom. The van der Waals surface area contributed by atoms with E-state index in [0.29, 0.717) is 11.8 Å². The van der Waals surface area contributed by atoms with Gasteiger partial charge in [-0.2, -0.15) is 0 Å². The molecule has 28 heavy (non-hydrogen) atoms. The molecule has 4 atom stereocenters. The van der Waals surface area contributed by atoms with E-state index in [2.05, 4.69) is 19.2 Å². The molecule has 150 valence electrons. The van der Waals surface area contributed by atoms with Crippen molar-refractivity contribution in [1.82, 2.24) is 10.2 Å². The number of rotatable bonds is 5. The molecule has 1 aromatic rings. The van der Waals surface area contributed by atoms with Gasteiger partial charge in [0, 0.05) is 6.04 Å². The average molecular weight is 386 g/mol. The first-order valence-corrected chi connectivity index (χ1v) is 9.74. The van der Waals surface area contributed by atoms with Crippen molar-refractivity contribution in [3.05, 3.63) is 35.4 Å². The smallest absolute Gasteiger partial charge is 0.329 e. The molecule has 3 rings (SSSR count). The molecule has 1 fully saturated rings. The molecule has 1 aliphatic carbocycles. The van der Waals surface area contributed by atoms with E-state index in [4.69, 9.17) is 4.74 Å². The Bertz CT molecular complexity index is 771. The van der Waals surface area contributed by atoms with Gasteiger partial charge in [-0.15, -0.1) is 0 Å². The lowest BCUT2D eigenvalue weighted by Gasteiger charge is -2.34. The van der Waals surface area contributed by atoms with Crippen LogP contribution in [0.2, 0.25) is 0 Å². The molecular formula is C21H26N2O5. The van der Waals surface area contributed by atoms with Crippen LogP contribution in [0, 0.1) is 11.8 Å². The zero-order valence-corrected chi connectivity index (χ0v) is 16.4. The fourth-order valence-electron chi connectivity index (χ4n) is 3.96.